The number of nitro benzene ring substituents is 1. The molecule has 0 radical (unpaired) electrons. The normalized spacial score (nSPS) is 10.6. The lowest BCUT2D eigenvalue weighted by Crippen LogP contribution is -2.08. The molecule has 0 saturated heterocycles. The third-order valence-corrected chi connectivity index (χ3v) is 4.21. The highest BCUT2D eigenvalue weighted by Gasteiger charge is 2.09. The van der Waals surface area contributed by atoms with Gasteiger partial charge in [0.05, 0.1) is 17.6 Å². The van der Waals surface area contributed by atoms with Crippen molar-refractivity contribution < 1.29 is 24.0 Å². The largest absolute Gasteiger partial charge is 0.497 e. The molecule has 0 N–H and O–H groups in total. The third-order valence-electron chi connectivity index (χ3n) is 4.21. The standard InChI is InChI=1S/C23H17NO6/c1-29-20-13-7-18(8-14-20)23(26)30-21-11-2-16(3-12-21)4-15-22(25)17-5-9-19(10-6-17)24(27)28/h2-15H,1H3/b15-4+. The first-order chi connectivity index (χ1) is 14.5. The minimum atomic E-state index is -0.521. The summed E-state index contributed by atoms with van der Waals surface area (Å²) in [6, 6.07) is 18.6. The molecule has 0 bridgehead atoms. The summed E-state index contributed by atoms with van der Waals surface area (Å²) in [6.07, 6.45) is 2.98. The molecular formula is C23H17NO6. The molecule has 7 nitrogen and oxygen atoms in total. The van der Waals surface area contributed by atoms with Crippen LogP contribution >= 0.6 is 0 Å². The molecule has 3 aromatic rings. The number of allylic oxidation sites excluding steroid dienone is 1. The van der Waals surface area contributed by atoms with Crippen molar-refractivity contribution in [2.45, 2.75) is 0 Å². The van der Waals surface area contributed by atoms with Gasteiger partial charge in [0.1, 0.15) is 11.5 Å². The van der Waals surface area contributed by atoms with E-state index in [1.54, 1.807) is 61.7 Å². The first-order valence-corrected chi connectivity index (χ1v) is 8.89. The minimum Gasteiger partial charge on any atom is -0.497 e. The topological polar surface area (TPSA) is 95.7 Å². The fraction of sp³-hybridized carbons (Fsp3) is 0.0435. The molecule has 7 heteroatoms. The third kappa shape index (κ3) is 5.17. The number of esters is 1. The first kappa shape index (κ1) is 20.5. The summed E-state index contributed by atoms with van der Waals surface area (Å²) < 4.78 is 10.4. The van der Waals surface area contributed by atoms with Gasteiger partial charge >= 0.3 is 5.97 Å². The monoisotopic (exact) mass is 403 g/mol. The van der Waals surface area contributed by atoms with Crippen molar-refractivity contribution in [1.29, 1.82) is 0 Å². The van der Waals surface area contributed by atoms with E-state index in [2.05, 4.69) is 0 Å². The summed E-state index contributed by atoms with van der Waals surface area (Å²) in [5.41, 5.74) is 1.40. The van der Waals surface area contributed by atoms with Crippen molar-refractivity contribution in [1.82, 2.24) is 0 Å². The molecule has 3 rings (SSSR count). The number of hydrogen-bond acceptors (Lipinski definition) is 6. The summed E-state index contributed by atoms with van der Waals surface area (Å²) in [4.78, 5) is 34.5. The van der Waals surface area contributed by atoms with Crippen molar-refractivity contribution in [3.63, 3.8) is 0 Å². The van der Waals surface area contributed by atoms with Crippen LogP contribution in [-0.2, 0) is 0 Å². The van der Waals surface area contributed by atoms with E-state index in [1.165, 1.54) is 30.3 Å². The second kappa shape index (κ2) is 9.29. The van der Waals surface area contributed by atoms with Crippen LogP contribution < -0.4 is 9.47 Å². The quantitative estimate of drug-likeness (QED) is 0.141. The molecule has 150 valence electrons. The number of nitro groups is 1. The van der Waals surface area contributed by atoms with Gasteiger partial charge in [-0.1, -0.05) is 18.2 Å². The Morgan fingerprint density at radius 3 is 1.97 bits per heavy atom. The maximum absolute atomic E-state index is 12.2. The summed E-state index contributed by atoms with van der Waals surface area (Å²) in [5, 5.41) is 10.7. The van der Waals surface area contributed by atoms with Gasteiger partial charge in [-0.25, -0.2) is 4.79 Å². The van der Waals surface area contributed by atoms with Crippen LogP contribution in [0.3, 0.4) is 0 Å². The fourth-order valence-electron chi connectivity index (χ4n) is 2.56. The molecule has 0 aromatic heterocycles. The molecule has 0 amide bonds. The Morgan fingerprint density at radius 2 is 1.40 bits per heavy atom. The van der Waals surface area contributed by atoms with Gasteiger partial charge in [-0.3, -0.25) is 14.9 Å². The summed E-state index contributed by atoms with van der Waals surface area (Å²) in [7, 11) is 1.54. The summed E-state index contributed by atoms with van der Waals surface area (Å²) in [5.74, 6) is 0.245. The molecule has 0 unspecified atom stereocenters. The van der Waals surface area contributed by atoms with E-state index < -0.39 is 10.9 Å². The van der Waals surface area contributed by atoms with Gasteiger partial charge in [-0.15, -0.1) is 0 Å². The van der Waals surface area contributed by atoms with Crippen molar-refractivity contribution >= 4 is 23.5 Å². The van der Waals surface area contributed by atoms with E-state index in [4.69, 9.17) is 9.47 Å². The molecule has 0 aliphatic heterocycles. The van der Waals surface area contributed by atoms with Crippen molar-refractivity contribution in [3.05, 3.63) is 106 Å². The highest BCUT2D eigenvalue weighted by atomic mass is 16.6. The highest BCUT2D eigenvalue weighted by molar-refractivity contribution is 6.06. The molecule has 0 spiro atoms. The Balaban J connectivity index is 1.61. The lowest BCUT2D eigenvalue weighted by Gasteiger charge is -2.05. The average Bonchev–Trinajstić information content (AvgIpc) is 2.78. The van der Waals surface area contributed by atoms with Crippen molar-refractivity contribution in [3.8, 4) is 11.5 Å². The first-order valence-electron chi connectivity index (χ1n) is 8.89. The predicted molar refractivity (Wildman–Crippen MR) is 111 cm³/mol. The number of hydrogen-bond donors (Lipinski definition) is 0. The van der Waals surface area contributed by atoms with Crippen molar-refractivity contribution in [2.75, 3.05) is 7.11 Å². The van der Waals surface area contributed by atoms with Crippen LogP contribution in [0.2, 0.25) is 0 Å². The number of non-ortho nitro benzene ring substituents is 1. The van der Waals surface area contributed by atoms with Gasteiger partial charge in [0.15, 0.2) is 5.78 Å². The molecular weight excluding hydrogens is 386 g/mol. The van der Waals surface area contributed by atoms with E-state index in [1.807, 2.05) is 0 Å². The Labute approximate surface area is 172 Å². The van der Waals surface area contributed by atoms with Crippen LogP contribution in [0.25, 0.3) is 6.08 Å². The van der Waals surface area contributed by atoms with Gasteiger partial charge in [-0.05, 0) is 60.2 Å². The SMILES string of the molecule is COc1ccc(C(=O)Oc2ccc(/C=C/C(=O)c3ccc([N+](=O)[O-])cc3)cc2)cc1. The number of carbonyl (C=O) groups is 2. The maximum Gasteiger partial charge on any atom is 0.343 e. The van der Waals surface area contributed by atoms with Crippen LogP contribution in [0.1, 0.15) is 26.3 Å². The number of ether oxygens (including phenoxy) is 2. The van der Waals surface area contributed by atoms with Crippen LogP contribution in [0.5, 0.6) is 11.5 Å². The van der Waals surface area contributed by atoms with Crippen LogP contribution in [0, 0.1) is 10.1 Å². The maximum atomic E-state index is 12.2. The smallest absolute Gasteiger partial charge is 0.343 e. The lowest BCUT2D eigenvalue weighted by molar-refractivity contribution is -0.384. The molecule has 0 saturated carbocycles. The number of rotatable bonds is 7. The number of ketones is 1. The zero-order chi connectivity index (χ0) is 21.5. The van der Waals surface area contributed by atoms with Gasteiger partial charge < -0.3 is 9.47 Å². The summed E-state index contributed by atoms with van der Waals surface area (Å²) in [6.45, 7) is 0. The average molecular weight is 403 g/mol. The zero-order valence-electron chi connectivity index (χ0n) is 16.0. The van der Waals surface area contributed by atoms with Crippen LogP contribution in [0.15, 0.2) is 78.9 Å². The molecule has 0 fully saturated rings. The summed E-state index contributed by atoms with van der Waals surface area (Å²) >= 11 is 0. The Hall–Kier alpha value is -4.26. The predicted octanol–water partition coefficient (Wildman–Crippen LogP) is 4.72. The second-order valence-electron chi connectivity index (χ2n) is 6.19. The lowest BCUT2D eigenvalue weighted by atomic mass is 10.1. The van der Waals surface area contributed by atoms with Gasteiger partial charge in [-0.2, -0.15) is 0 Å². The molecule has 0 atom stereocenters. The highest BCUT2D eigenvalue weighted by Crippen LogP contribution is 2.18. The molecule has 0 heterocycles. The second-order valence-corrected chi connectivity index (χ2v) is 6.19. The fourth-order valence-corrected chi connectivity index (χ4v) is 2.56. The Kier molecular flexibility index (Phi) is 6.34. The van der Waals surface area contributed by atoms with E-state index in [9.17, 15) is 19.7 Å². The minimum absolute atomic E-state index is 0.0738. The van der Waals surface area contributed by atoms with Crippen LogP contribution in [-0.4, -0.2) is 23.8 Å². The molecule has 30 heavy (non-hydrogen) atoms. The molecule has 3 aromatic carbocycles. The Morgan fingerprint density at radius 1 is 0.833 bits per heavy atom. The number of methoxy groups -OCH3 is 1. The van der Waals surface area contributed by atoms with Crippen LogP contribution in [0.4, 0.5) is 5.69 Å². The van der Waals surface area contributed by atoms with Gasteiger partial charge in [0.2, 0.25) is 0 Å². The molecule has 0 aliphatic carbocycles. The number of nitrogens with zero attached hydrogens (tertiary/aromatic N) is 1. The van der Waals surface area contributed by atoms with E-state index in [0.29, 0.717) is 22.6 Å². The van der Waals surface area contributed by atoms with E-state index in [0.717, 1.165) is 5.56 Å². The van der Waals surface area contributed by atoms with E-state index >= 15 is 0 Å². The number of benzene rings is 3. The van der Waals surface area contributed by atoms with Crippen molar-refractivity contribution in [2.24, 2.45) is 0 Å². The Bertz CT molecular complexity index is 1080. The zero-order valence-corrected chi connectivity index (χ0v) is 16.0. The van der Waals surface area contributed by atoms with Gasteiger partial charge in [0, 0.05) is 17.7 Å². The van der Waals surface area contributed by atoms with E-state index in [-0.39, 0.29) is 11.5 Å². The number of carbonyl (C=O) groups excluding carboxylic acids is 2. The van der Waals surface area contributed by atoms with Gasteiger partial charge in [0.25, 0.3) is 5.69 Å². The molecule has 0 aliphatic rings.